The fourth-order valence-electron chi connectivity index (χ4n) is 2.01. The van der Waals surface area contributed by atoms with Gasteiger partial charge in [0.2, 0.25) is 0 Å². The van der Waals surface area contributed by atoms with Crippen molar-refractivity contribution in [2.24, 2.45) is 0 Å². The van der Waals surface area contributed by atoms with Crippen molar-refractivity contribution in [3.8, 4) is 17.0 Å². The first-order chi connectivity index (χ1) is 9.67. The second-order valence-corrected chi connectivity index (χ2v) is 4.52. The number of pyridine rings is 1. The van der Waals surface area contributed by atoms with Crippen LogP contribution < -0.4 is 10.1 Å². The van der Waals surface area contributed by atoms with Crippen molar-refractivity contribution in [3.05, 3.63) is 29.6 Å². The van der Waals surface area contributed by atoms with Crippen molar-refractivity contribution < 1.29 is 4.74 Å². The van der Waals surface area contributed by atoms with Crippen molar-refractivity contribution in [2.45, 2.75) is 27.7 Å². The van der Waals surface area contributed by atoms with Gasteiger partial charge in [0.15, 0.2) is 5.82 Å². The quantitative estimate of drug-likeness (QED) is 0.906. The number of nitrogens with one attached hydrogen (secondary N) is 1. The summed E-state index contributed by atoms with van der Waals surface area (Å²) in [7, 11) is 0. The van der Waals surface area contributed by atoms with E-state index in [2.05, 4.69) is 20.5 Å². The van der Waals surface area contributed by atoms with Gasteiger partial charge in [-0.05, 0) is 44.9 Å². The number of hydrogen-bond donors (Lipinski definition) is 1. The Labute approximate surface area is 119 Å². The molecule has 5 heteroatoms. The van der Waals surface area contributed by atoms with Crippen molar-refractivity contribution >= 4 is 5.82 Å². The molecular formula is C15H20N4O. The first kappa shape index (κ1) is 14.2. The molecule has 0 saturated carbocycles. The fraction of sp³-hybridized carbons (Fsp3) is 0.400. The minimum absolute atomic E-state index is 0.619. The lowest BCUT2D eigenvalue weighted by Gasteiger charge is -2.12. The summed E-state index contributed by atoms with van der Waals surface area (Å²) in [5, 5.41) is 11.8. The average molecular weight is 272 g/mol. The van der Waals surface area contributed by atoms with E-state index in [0.717, 1.165) is 40.5 Å². The van der Waals surface area contributed by atoms with Crippen LogP contribution in [-0.4, -0.2) is 28.3 Å². The maximum absolute atomic E-state index is 5.48. The van der Waals surface area contributed by atoms with Crippen molar-refractivity contribution in [2.75, 3.05) is 18.5 Å². The Morgan fingerprint density at radius 1 is 1.10 bits per heavy atom. The van der Waals surface area contributed by atoms with Crippen LogP contribution in [0.1, 0.15) is 25.0 Å². The molecule has 0 spiro atoms. The van der Waals surface area contributed by atoms with E-state index in [4.69, 9.17) is 4.74 Å². The van der Waals surface area contributed by atoms with Gasteiger partial charge in [-0.15, -0.1) is 10.2 Å². The lowest BCUT2D eigenvalue weighted by atomic mass is 10.1. The predicted octanol–water partition coefficient (Wildman–Crippen LogP) is 2.99. The average Bonchev–Trinajstić information content (AvgIpc) is 2.45. The number of hydrogen-bond acceptors (Lipinski definition) is 5. The molecule has 106 valence electrons. The third kappa shape index (κ3) is 2.87. The van der Waals surface area contributed by atoms with Crippen LogP contribution in [0.4, 0.5) is 5.82 Å². The predicted molar refractivity (Wildman–Crippen MR) is 80.1 cm³/mol. The van der Waals surface area contributed by atoms with Crippen LogP contribution in [0.3, 0.4) is 0 Å². The molecule has 0 saturated heterocycles. The molecule has 0 aliphatic carbocycles. The van der Waals surface area contributed by atoms with E-state index >= 15 is 0 Å². The second-order valence-electron chi connectivity index (χ2n) is 4.52. The van der Waals surface area contributed by atoms with Gasteiger partial charge in [0.25, 0.3) is 0 Å². The van der Waals surface area contributed by atoms with E-state index < -0.39 is 0 Å². The van der Waals surface area contributed by atoms with Crippen LogP contribution in [0.25, 0.3) is 11.3 Å². The lowest BCUT2D eigenvalue weighted by Crippen LogP contribution is -2.06. The fourth-order valence-corrected chi connectivity index (χ4v) is 2.01. The summed E-state index contributed by atoms with van der Waals surface area (Å²) in [5.41, 5.74) is 3.98. The van der Waals surface area contributed by atoms with Gasteiger partial charge in [-0.2, -0.15) is 0 Å². The third-order valence-electron chi connectivity index (χ3n) is 3.16. The highest BCUT2D eigenvalue weighted by atomic mass is 16.5. The molecule has 20 heavy (non-hydrogen) atoms. The molecule has 0 bridgehead atoms. The first-order valence-electron chi connectivity index (χ1n) is 6.83. The highest BCUT2D eigenvalue weighted by molar-refractivity contribution is 5.66. The molecule has 0 unspecified atom stereocenters. The molecule has 0 amide bonds. The zero-order chi connectivity index (χ0) is 14.5. The largest absolute Gasteiger partial charge is 0.492 e. The summed E-state index contributed by atoms with van der Waals surface area (Å²) < 4.78 is 5.48. The normalized spacial score (nSPS) is 10.4. The third-order valence-corrected chi connectivity index (χ3v) is 3.16. The van der Waals surface area contributed by atoms with Gasteiger partial charge in [-0.1, -0.05) is 0 Å². The zero-order valence-electron chi connectivity index (χ0n) is 12.4. The summed E-state index contributed by atoms with van der Waals surface area (Å²) in [4.78, 5) is 4.20. The zero-order valence-corrected chi connectivity index (χ0v) is 12.4. The molecule has 0 radical (unpaired) electrons. The molecular weight excluding hydrogens is 252 g/mol. The molecule has 0 aromatic carbocycles. The van der Waals surface area contributed by atoms with E-state index in [1.54, 1.807) is 12.4 Å². The van der Waals surface area contributed by atoms with Gasteiger partial charge < -0.3 is 10.1 Å². The van der Waals surface area contributed by atoms with Crippen molar-refractivity contribution in [3.63, 3.8) is 0 Å². The number of ether oxygens (including phenoxy) is 1. The molecule has 2 heterocycles. The summed E-state index contributed by atoms with van der Waals surface area (Å²) >= 11 is 0. The summed E-state index contributed by atoms with van der Waals surface area (Å²) in [6, 6.07) is 1.94. The van der Waals surface area contributed by atoms with Crippen molar-refractivity contribution in [1.29, 1.82) is 0 Å². The topological polar surface area (TPSA) is 59.9 Å². The Balaban J connectivity index is 2.42. The Kier molecular flexibility index (Phi) is 4.50. The van der Waals surface area contributed by atoms with E-state index in [-0.39, 0.29) is 0 Å². The van der Waals surface area contributed by atoms with E-state index in [1.807, 2.05) is 33.8 Å². The van der Waals surface area contributed by atoms with Crippen LogP contribution in [0.15, 0.2) is 18.5 Å². The number of anilines is 1. The molecule has 2 aromatic heterocycles. The summed E-state index contributed by atoms with van der Waals surface area (Å²) in [6.45, 7) is 9.54. The van der Waals surface area contributed by atoms with Gasteiger partial charge >= 0.3 is 0 Å². The van der Waals surface area contributed by atoms with Crippen LogP contribution in [-0.2, 0) is 0 Å². The monoisotopic (exact) mass is 272 g/mol. The molecule has 5 nitrogen and oxygen atoms in total. The Morgan fingerprint density at radius 3 is 2.60 bits per heavy atom. The molecule has 0 fully saturated rings. The van der Waals surface area contributed by atoms with Crippen LogP contribution in [0, 0.1) is 13.8 Å². The van der Waals surface area contributed by atoms with Gasteiger partial charge in [-0.25, -0.2) is 0 Å². The summed E-state index contributed by atoms with van der Waals surface area (Å²) in [5.74, 6) is 1.59. The Hall–Kier alpha value is -2.17. The molecule has 0 aliphatic rings. The molecule has 0 aliphatic heterocycles. The maximum Gasteiger partial charge on any atom is 0.151 e. The van der Waals surface area contributed by atoms with E-state index in [0.29, 0.717) is 6.61 Å². The minimum atomic E-state index is 0.619. The highest BCUT2D eigenvalue weighted by Gasteiger charge is 2.12. The van der Waals surface area contributed by atoms with Crippen LogP contribution in [0.2, 0.25) is 0 Å². The second kappa shape index (κ2) is 6.32. The SMILES string of the molecule is CCNc1nnc(-c2cncc(OCC)c2)c(C)c1C. The van der Waals surface area contributed by atoms with Crippen LogP contribution >= 0.6 is 0 Å². The summed E-state index contributed by atoms with van der Waals surface area (Å²) in [6.07, 6.45) is 3.49. The van der Waals surface area contributed by atoms with Gasteiger partial charge in [0.05, 0.1) is 18.5 Å². The Bertz CT molecular complexity index is 598. The number of nitrogens with zero attached hydrogens (tertiary/aromatic N) is 3. The minimum Gasteiger partial charge on any atom is -0.492 e. The number of aromatic nitrogens is 3. The molecule has 2 rings (SSSR count). The van der Waals surface area contributed by atoms with E-state index in [1.165, 1.54) is 0 Å². The van der Waals surface area contributed by atoms with Crippen molar-refractivity contribution in [1.82, 2.24) is 15.2 Å². The van der Waals surface area contributed by atoms with Gasteiger partial charge in [0, 0.05) is 18.3 Å². The Morgan fingerprint density at radius 2 is 1.90 bits per heavy atom. The standard InChI is InChI=1S/C15H20N4O/c1-5-17-15-11(4)10(3)14(18-19-15)12-7-13(20-6-2)9-16-8-12/h7-9H,5-6H2,1-4H3,(H,17,19). The smallest absolute Gasteiger partial charge is 0.151 e. The van der Waals surface area contributed by atoms with E-state index in [9.17, 15) is 0 Å². The molecule has 2 aromatic rings. The lowest BCUT2D eigenvalue weighted by molar-refractivity contribution is 0.339. The molecule has 1 N–H and O–H groups in total. The highest BCUT2D eigenvalue weighted by Crippen LogP contribution is 2.27. The van der Waals surface area contributed by atoms with Gasteiger partial charge in [-0.3, -0.25) is 4.98 Å². The van der Waals surface area contributed by atoms with Gasteiger partial charge in [0.1, 0.15) is 5.75 Å². The number of rotatable bonds is 5. The van der Waals surface area contributed by atoms with Crippen LogP contribution in [0.5, 0.6) is 5.75 Å². The molecule has 0 atom stereocenters. The first-order valence-corrected chi connectivity index (χ1v) is 6.83. The maximum atomic E-state index is 5.48.